The van der Waals surface area contributed by atoms with E-state index >= 15 is 0 Å². The predicted molar refractivity (Wildman–Crippen MR) is 78.1 cm³/mol. The quantitative estimate of drug-likeness (QED) is 0.666. The highest BCUT2D eigenvalue weighted by Crippen LogP contribution is 2.07. The lowest BCUT2D eigenvalue weighted by Crippen LogP contribution is -2.33. The van der Waals surface area contributed by atoms with E-state index in [2.05, 4.69) is 15.0 Å². The number of methoxy groups -OCH3 is 1. The first-order valence-electron chi connectivity index (χ1n) is 6.82. The number of carbonyl (C=O) groups is 2. The van der Waals surface area contributed by atoms with Crippen molar-refractivity contribution >= 4 is 12.1 Å². The maximum atomic E-state index is 11.4. The number of pyridine rings is 1. The fourth-order valence-corrected chi connectivity index (χ4v) is 1.59. The molecule has 0 saturated heterocycles. The molecule has 6 heteroatoms. The van der Waals surface area contributed by atoms with Crippen LogP contribution in [-0.2, 0) is 15.9 Å². The molecule has 0 aliphatic heterocycles. The van der Waals surface area contributed by atoms with E-state index in [4.69, 9.17) is 4.74 Å². The SMILES string of the molecule is COC(=O)c1ccc(CCCNC(=O)OC(C)(C)C)cn1. The zero-order valence-corrected chi connectivity index (χ0v) is 12.9. The van der Waals surface area contributed by atoms with Crippen molar-refractivity contribution < 1.29 is 19.1 Å². The lowest BCUT2D eigenvalue weighted by molar-refractivity contribution is 0.0525. The van der Waals surface area contributed by atoms with E-state index in [1.54, 1.807) is 12.3 Å². The minimum absolute atomic E-state index is 0.285. The smallest absolute Gasteiger partial charge is 0.407 e. The largest absolute Gasteiger partial charge is 0.464 e. The van der Waals surface area contributed by atoms with Gasteiger partial charge in [-0.1, -0.05) is 6.07 Å². The van der Waals surface area contributed by atoms with Gasteiger partial charge in [0.15, 0.2) is 0 Å². The van der Waals surface area contributed by atoms with E-state index in [-0.39, 0.29) is 5.69 Å². The lowest BCUT2D eigenvalue weighted by Gasteiger charge is -2.19. The highest BCUT2D eigenvalue weighted by molar-refractivity contribution is 5.86. The molecule has 0 unspecified atom stereocenters. The Balaban J connectivity index is 2.30. The van der Waals surface area contributed by atoms with E-state index < -0.39 is 17.7 Å². The monoisotopic (exact) mass is 294 g/mol. The molecular weight excluding hydrogens is 272 g/mol. The molecule has 21 heavy (non-hydrogen) atoms. The molecule has 0 spiro atoms. The van der Waals surface area contributed by atoms with Crippen LogP contribution < -0.4 is 5.32 Å². The van der Waals surface area contributed by atoms with Crippen LogP contribution in [-0.4, -0.2) is 36.3 Å². The Kier molecular flexibility index (Phi) is 6.14. The summed E-state index contributed by atoms with van der Waals surface area (Å²) in [6, 6.07) is 3.45. The molecule has 0 bridgehead atoms. The third kappa shape index (κ3) is 6.74. The molecule has 6 nitrogen and oxygen atoms in total. The number of hydrogen-bond donors (Lipinski definition) is 1. The Labute approximate surface area is 124 Å². The number of carbonyl (C=O) groups excluding carboxylic acids is 2. The van der Waals surface area contributed by atoms with Crippen molar-refractivity contribution in [3.63, 3.8) is 0 Å². The fraction of sp³-hybridized carbons (Fsp3) is 0.533. The average Bonchev–Trinajstić information content (AvgIpc) is 2.41. The van der Waals surface area contributed by atoms with Gasteiger partial charge in [-0.3, -0.25) is 0 Å². The molecule has 116 valence electrons. The number of amides is 1. The van der Waals surface area contributed by atoms with Gasteiger partial charge in [0, 0.05) is 12.7 Å². The molecule has 0 saturated carbocycles. The van der Waals surface area contributed by atoms with Gasteiger partial charge < -0.3 is 14.8 Å². The Morgan fingerprint density at radius 1 is 1.29 bits per heavy atom. The molecule has 1 rings (SSSR count). The minimum Gasteiger partial charge on any atom is -0.464 e. The molecule has 0 fully saturated rings. The number of aromatic nitrogens is 1. The third-order valence-electron chi connectivity index (χ3n) is 2.53. The summed E-state index contributed by atoms with van der Waals surface area (Å²) >= 11 is 0. The molecule has 0 aromatic carbocycles. The number of alkyl carbamates (subject to hydrolysis) is 1. The number of aryl methyl sites for hydroxylation is 1. The first-order chi connectivity index (χ1) is 9.81. The maximum absolute atomic E-state index is 11.4. The normalized spacial score (nSPS) is 10.9. The molecule has 1 aromatic rings. The van der Waals surface area contributed by atoms with Gasteiger partial charge in [0.05, 0.1) is 7.11 Å². The van der Waals surface area contributed by atoms with Crippen LogP contribution >= 0.6 is 0 Å². The maximum Gasteiger partial charge on any atom is 0.407 e. The molecule has 1 amide bonds. The average molecular weight is 294 g/mol. The number of rotatable bonds is 5. The summed E-state index contributed by atoms with van der Waals surface area (Å²) in [7, 11) is 1.32. The van der Waals surface area contributed by atoms with Gasteiger partial charge in [-0.15, -0.1) is 0 Å². The number of esters is 1. The van der Waals surface area contributed by atoms with E-state index in [1.165, 1.54) is 7.11 Å². The van der Waals surface area contributed by atoms with E-state index in [0.29, 0.717) is 6.54 Å². The molecule has 0 aliphatic rings. The summed E-state index contributed by atoms with van der Waals surface area (Å²) in [4.78, 5) is 26.7. The number of nitrogens with zero attached hydrogens (tertiary/aromatic N) is 1. The van der Waals surface area contributed by atoms with Gasteiger partial charge >= 0.3 is 12.1 Å². The lowest BCUT2D eigenvalue weighted by atomic mass is 10.1. The van der Waals surface area contributed by atoms with Crippen LogP contribution in [0.25, 0.3) is 0 Å². The van der Waals surface area contributed by atoms with Gasteiger partial charge in [0.1, 0.15) is 11.3 Å². The Hall–Kier alpha value is -2.11. The van der Waals surface area contributed by atoms with Gasteiger partial charge in [0.2, 0.25) is 0 Å². The van der Waals surface area contributed by atoms with E-state index in [1.807, 2.05) is 26.8 Å². The zero-order valence-electron chi connectivity index (χ0n) is 12.9. The molecule has 1 N–H and O–H groups in total. The van der Waals surface area contributed by atoms with Crippen molar-refractivity contribution in [1.82, 2.24) is 10.3 Å². The summed E-state index contributed by atoms with van der Waals surface area (Å²) in [5.41, 5.74) is 0.791. The second-order valence-electron chi connectivity index (χ2n) is 5.58. The van der Waals surface area contributed by atoms with Crippen LogP contribution in [0.4, 0.5) is 4.79 Å². The Morgan fingerprint density at radius 2 is 2.00 bits per heavy atom. The van der Waals surface area contributed by atoms with Crippen molar-refractivity contribution in [1.29, 1.82) is 0 Å². The van der Waals surface area contributed by atoms with Crippen LogP contribution in [0.15, 0.2) is 18.3 Å². The highest BCUT2D eigenvalue weighted by Gasteiger charge is 2.15. The number of ether oxygens (including phenoxy) is 2. The standard InChI is InChI=1S/C15H22N2O4/c1-15(2,3)21-14(19)16-9-5-6-11-7-8-12(17-10-11)13(18)20-4/h7-8,10H,5-6,9H2,1-4H3,(H,16,19). The van der Waals surface area contributed by atoms with Gasteiger partial charge in [-0.25, -0.2) is 14.6 Å². The number of hydrogen-bond acceptors (Lipinski definition) is 5. The number of nitrogens with one attached hydrogen (secondary N) is 1. The summed E-state index contributed by atoms with van der Waals surface area (Å²) in [6.45, 7) is 5.98. The van der Waals surface area contributed by atoms with Crippen LogP contribution in [0.3, 0.4) is 0 Å². The molecular formula is C15H22N2O4. The van der Waals surface area contributed by atoms with Gasteiger partial charge in [-0.05, 0) is 45.2 Å². The first-order valence-corrected chi connectivity index (χ1v) is 6.82. The molecule has 1 aromatic heterocycles. The highest BCUT2D eigenvalue weighted by atomic mass is 16.6. The third-order valence-corrected chi connectivity index (χ3v) is 2.53. The fourth-order valence-electron chi connectivity index (χ4n) is 1.59. The summed E-state index contributed by atoms with van der Waals surface area (Å²) in [5.74, 6) is -0.451. The van der Waals surface area contributed by atoms with Crippen molar-refractivity contribution in [2.75, 3.05) is 13.7 Å². The van der Waals surface area contributed by atoms with Crippen LogP contribution in [0.1, 0.15) is 43.2 Å². The zero-order chi connectivity index (χ0) is 15.9. The summed E-state index contributed by atoms with van der Waals surface area (Å²) < 4.78 is 9.71. The molecule has 0 atom stereocenters. The van der Waals surface area contributed by atoms with Crippen molar-refractivity contribution in [2.24, 2.45) is 0 Å². The van der Waals surface area contributed by atoms with Crippen molar-refractivity contribution in [3.05, 3.63) is 29.6 Å². The van der Waals surface area contributed by atoms with E-state index in [9.17, 15) is 9.59 Å². The van der Waals surface area contributed by atoms with Gasteiger partial charge in [0.25, 0.3) is 0 Å². The summed E-state index contributed by atoms with van der Waals surface area (Å²) in [5, 5.41) is 2.69. The topological polar surface area (TPSA) is 77.5 Å². The molecule has 0 radical (unpaired) electrons. The molecule has 1 heterocycles. The minimum atomic E-state index is -0.488. The van der Waals surface area contributed by atoms with Crippen molar-refractivity contribution in [3.8, 4) is 0 Å². The van der Waals surface area contributed by atoms with Crippen LogP contribution in [0, 0.1) is 0 Å². The Bertz CT molecular complexity index is 477. The molecule has 0 aliphatic carbocycles. The van der Waals surface area contributed by atoms with Crippen LogP contribution in [0.5, 0.6) is 0 Å². The second kappa shape index (κ2) is 7.61. The van der Waals surface area contributed by atoms with Crippen molar-refractivity contribution in [2.45, 2.75) is 39.2 Å². The predicted octanol–water partition coefficient (Wildman–Crippen LogP) is 2.33. The first kappa shape index (κ1) is 16.9. The van der Waals surface area contributed by atoms with Crippen LogP contribution in [0.2, 0.25) is 0 Å². The van der Waals surface area contributed by atoms with Gasteiger partial charge in [-0.2, -0.15) is 0 Å². The summed E-state index contributed by atoms with van der Waals surface area (Å²) in [6.07, 6.45) is 2.74. The second-order valence-corrected chi connectivity index (χ2v) is 5.58. The Morgan fingerprint density at radius 3 is 2.52 bits per heavy atom. The van der Waals surface area contributed by atoms with E-state index in [0.717, 1.165) is 18.4 Å².